The van der Waals surface area contributed by atoms with Gasteiger partial charge in [0.25, 0.3) is 0 Å². The van der Waals surface area contributed by atoms with Crippen LogP contribution in [0.3, 0.4) is 0 Å². The molecule has 0 aliphatic heterocycles. The van der Waals surface area contributed by atoms with Crippen molar-refractivity contribution in [2.24, 2.45) is 0 Å². The summed E-state index contributed by atoms with van der Waals surface area (Å²) < 4.78 is 16.1. The number of nitrogens with zero attached hydrogens (tertiary/aromatic N) is 1. The SMILES string of the molecule is COc1cc(C(=O)c2cnc(C3CCCCCCCCC3)[nH]2)cc(OC)c1OC. The Bertz CT molecular complexity index is 780. The molecular weight excluding hydrogens is 368 g/mol. The van der Waals surface area contributed by atoms with E-state index in [1.54, 1.807) is 39.7 Å². The fourth-order valence-electron chi connectivity index (χ4n) is 4.11. The van der Waals surface area contributed by atoms with Gasteiger partial charge in [-0.15, -0.1) is 0 Å². The Morgan fingerprint density at radius 2 is 1.45 bits per heavy atom. The molecule has 1 saturated carbocycles. The van der Waals surface area contributed by atoms with Crippen LogP contribution in [-0.4, -0.2) is 37.1 Å². The van der Waals surface area contributed by atoms with E-state index in [1.165, 1.54) is 44.9 Å². The summed E-state index contributed by atoms with van der Waals surface area (Å²) in [5, 5.41) is 0. The van der Waals surface area contributed by atoms with Gasteiger partial charge < -0.3 is 19.2 Å². The number of carbonyl (C=O) groups excluding carboxylic acids is 1. The maximum absolute atomic E-state index is 13.1. The molecule has 1 N–H and O–H groups in total. The highest BCUT2D eigenvalue weighted by atomic mass is 16.5. The molecular formula is C23H32N2O4. The van der Waals surface area contributed by atoms with Gasteiger partial charge in [-0.1, -0.05) is 44.9 Å². The van der Waals surface area contributed by atoms with E-state index in [1.807, 2.05) is 0 Å². The van der Waals surface area contributed by atoms with Crippen LogP contribution in [0.5, 0.6) is 17.2 Å². The fourth-order valence-corrected chi connectivity index (χ4v) is 4.11. The highest BCUT2D eigenvalue weighted by Crippen LogP contribution is 2.38. The molecule has 0 spiro atoms. The maximum Gasteiger partial charge on any atom is 0.211 e. The van der Waals surface area contributed by atoms with Crippen LogP contribution >= 0.6 is 0 Å². The Morgan fingerprint density at radius 1 is 0.897 bits per heavy atom. The third-order valence-electron chi connectivity index (χ3n) is 5.76. The minimum atomic E-state index is -0.136. The molecule has 6 heteroatoms. The Morgan fingerprint density at radius 3 is 1.97 bits per heavy atom. The van der Waals surface area contributed by atoms with Crippen LogP contribution in [-0.2, 0) is 0 Å². The quantitative estimate of drug-likeness (QED) is 0.668. The summed E-state index contributed by atoms with van der Waals surface area (Å²) in [6, 6.07) is 3.35. The van der Waals surface area contributed by atoms with E-state index in [2.05, 4.69) is 9.97 Å². The van der Waals surface area contributed by atoms with Gasteiger partial charge >= 0.3 is 0 Å². The van der Waals surface area contributed by atoms with Crippen LogP contribution in [0.1, 0.15) is 85.6 Å². The smallest absolute Gasteiger partial charge is 0.211 e. The summed E-state index contributed by atoms with van der Waals surface area (Å²) in [4.78, 5) is 20.9. The molecule has 0 atom stereocenters. The van der Waals surface area contributed by atoms with Crippen molar-refractivity contribution in [1.29, 1.82) is 0 Å². The predicted molar refractivity (Wildman–Crippen MR) is 112 cm³/mol. The van der Waals surface area contributed by atoms with Crippen LogP contribution in [0, 0.1) is 0 Å². The lowest BCUT2D eigenvalue weighted by Gasteiger charge is -2.16. The van der Waals surface area contributed by atoms with Crippen molar-refractivity contribution in [3.63, 3.8) is 0 Å². The monoisotopic (exact) mass is 400 g/mol. The van der Waals surface area contributed by atoms with Gasteiger partial charge in [0, 0.05) is 11.5 Å². The number of imidazole rings is 1. The second kappa shape index (κ2) is 10.3. The molecule has 1 aromatic heterocycles. The average Bonchev–Trinajstić information content (AvgIpc) is 3.25. The zero-order chi connectivity index (χ0) is 20.6. The first-order chi connectivity index (χ1) is 14.2. The summed E-state index contributed by atoms with van der Waals surface area (Å²) in [5.74, 6) is 2.58. The number of benzene rings is 1. The van der Waals surface area contributed by atoms with Crippen molar-refractivity contribution in [3.8, 4) is 17.2 Å². The zero-order valence-electron chi connectivity index (χ0n) is 17.8. The highest BCUT2D eigenvalue weighted by molar-refractivity contribution is 6.08. The largest absolute Gasteiger partial charge is 0.493 e. The number of carbonyl (C=O) groups is 1. The molecule has 2 aromatic rings. The van der Waals surface area contributed by atoms with E-state index < -0.39 is 0 Å². The molecule has 1 heterocycles. The minimum absolute atomic E-state index is 0.136. The first-order valence-corrected chi connectivity index (χ1v) is 10.6. The van der Waals surface area contributed by atoms with Crippen molar-refractivity contribution in [3.05, 3.63) is 35.4 Å². The Hall–Kier alpha value is -2.50. The second-order valence-electron chi connectivity index (χ2n) is 7.67. The molecule has 0 bridgehead atoms. The predicted octanol–water partition coefficient (Wildman–Crippen LogP) is 5.27. The summed E-state index contributed by atoms with van der Waals surface area (Å²) in [5.41, 5.74) is 0.965. The van der Waals surface area contributed by atoms with Crippen molar-refractivity contribution in [1.82, 2.24) is 9.97 Å². The van der Waals surface area contributed by atoms with Gasteiger partial charge in [0.1, 0.15) is 11.5 Å². The van der Waals surface area contributed by atoms with Gasteiger partial charge in [0.2, 0.25) is 11.5 Å². The number of aromatic nitrogens is 2. The lowest BCUT2D eigenvalue weighted by Crippen LogP contribution is -2.06. The van der Waals surface area contributed by atoms with E-state index in [4.69, 9.17) is 14.2 Å². The van der Waals surface area contributed by atoms with Crippen LogP contribution in [0.15, 0.2) is 18.3 Å². The molecule has 0 unspecified atom stereocenters. The number of ketones is 1. The Labute approximate surface area is 173 Å². The third kappa shape index (κ3) is 5.11. The first kappa shape index (κ1) is 21.2. The lowest BCUT2D eigenvalue weighted by atomic mass is 9.92. The number of aromatic amines is 1. The highest BCUT2D eigenvalue weighted by Gasteiger charge is 2.21. The molecule has 6 nitrogen and oxygen atoms in total. The number of hydrogen-bond donors (Lipinski definition) is 1. The summed E-state index contributed by atoms with van der Waals surface area (Å²) >= 11 is 0. The molecule has 0 saturated heterocycles. The normalized spacial score (nSPS) is 16.2. The van der Waals surface area contributed by atoms with Crippen LogP contribution in [0.2, 0.25) is 0 Å². The average molecular weight is 401 g/mol. The van der Waals surface area contributed by atoms with Crippen molar-refractivity contribution >= 4 is 5.78 Å². The number of rotatable bonds is 6. The molecule has 1 fully saturated rings. The summed E-state index contributed by atoms with van der Waals surface area (Å²) in [6.07, 6.45) is 13.0. The van der Waals surface area contributed by atoms with Crippen LogP contribution in [0.25, 0.3) is 0 Å². The maximum atomic E-state index is 13.1. The van der Waals surface area contributed by atoms with Gasteiger partial charge in [-0.3, -0.25) is 4.79 Å². The molecule has 29 heavy (non-hydrogen) atoms. The Kier molecular flexibility index (Phi) is 7.55. The second-order valence-corrected chi connectivity index (χ2v) is 7.67. The standard InChI is InChI=1S/C23H32N2O4/c1-27-19-13-17(14-20(28-2)22(19)29-3)21(26)18-15-24-23(25-18)16-11-9-7-5-4-6-8-10-12-16/h13-16H,4-12H2,1-3H3,(H,24,25). The molecule has 0 radical (unpaired) electrons. The van der Waals surface area contributed by atoms with E-state index in [0.29, 0.717) is 34.4 Å². The topological polar surface area (TPSA) is 73.4 Å². The Balaban J connectivity index is 1.81. The number of H-pyrrole nitrogens is 1. The van der Waals surface area contributed by atoms with Gasteiger partial charge in [-0.25, -0.2) is 4.98 Å². The molecule has 1 aliphatic rings. The van der Waals surface area contributed by atoms with Crippen molar-refractivity contribution in [2.45, 2.75) is 63.7 Å². The molecule has 0 amide bonds. The lowest BCUT2D eigenvalue weighted by molar-refractivity contribution is 0.103. The van der Waals surface area contributed by atoms with Crippen LogP contribution in [0.4, 0.5) is 0 Å². The van der Waals surface area contributed by atoms with Crippen molar-refractivity contribution in [2.75, 3.05) is 21.3 Å². The van der Waals surface area contributed by atoms with Crippen LogP contribution < -0.4 is 14.2 Å². The van der Waals surface area contributed by atoms with E-state index >= 15 is 0 Å². The molecule has 1 aromatic carbocycles. The molecule has 1 aliphatic carbocycles. The number of methoxy groups -OCH3 is 3. The van der Waals surface area contributed by atoms with Gasteiger partial charge in [0.05, 0.1) is 27.5 Å². The minimum Gasteiger partial charge on any atom is -0.493 e. The van der Waals surface area contributed by atoms with E-state index in [9.17, 15) is 4.79 Å². The fraction of sp³-hybridized carbons (Fsp3) is 0.565. The van der Waals surface area contributed by atoms with Gasteiger partial charge in [0.15, 0.2) is 11.5 Å². The summed E-state index contributed by atoms with van der Waals surface area (Å²) in [6.45, 7) is 0. The van der Waals surface area contributed by atoms with Gasteiger partial charge in [-0.2, -0.15) is 0 Å². The van der Waals surface area contributed by atoms with Crippen molar-refractivity contribution < 1.29 is 19.0 Å². The van der Waals surface area contributed by atoms with E-state index in [0.717, 1.165) is 18.7 Å². The summed E-state index contributed by atoms with van der Waals surface area (Å²) in [7, 11) is 4.63. The number of ether oxygens (including phenoxy) is 3. The molecule has 3 rings (SSSR count). The molecule has 158 valence electrons. The first-order valence-electron chi connectivity index (χ1n) is 10.6. The number of hydrogen-bond acceptors (Lipinski definition) is 5. The van der Waals surface area contributed by atoms with Gasteiger partial charge in [-0.05, 0) is 25.0 Å². The van der Waals surface area contributed by atoms with E-state index in [-0.39, 0.29) is 5.78 Å². The zero-order valence-corrected chi connectivity index (χ0v) is 17.8. The third-order valence-corrected chi connectivity index (χ3v) is 5.76. The number of nitrogens with one attached hydrogen (secondary N) is 1.